The summed E-state index contributed by atoms with van der Waals surface area (Å²) in [6.45, 7) is -0.205. The highest BCUT2D eigenvalue weighted by molar-refractivity contribution is 5.82. The molecule has 188 valence electrons. The normalized spacial score (nSPS) is 18.9. The van der Waals surface area contributed by atoms with Gasteiger partial charge in [0.15, 0.2) is 6.19 Å². The summed E-state index contributed by atoms with van der Waals surface area (Å²) in [4.78, 5) is 8.29. The molecule has 0 amide bonds. The van der Waals surface area contributed by atoms with E-state index in [4.69, 9.17) is 0 Å². The van der Waals surface area contributed by atoms with Crippen molar-refractivity contribution in [2.45, 2.75) is 43.3 Å². The van der Waals surface area contributed by atoms with Crippen molar-refractivity contribution in [1.29, 1.82) is 5.26 Å². The van der Waals surface area contributed by atoms with Crippen LogP contribution in [-0.2, 0) is 18.9 Å². The molecule has 36 heavy (non-hydrogen) atoms. The topological polar surface area (TPSA) is 78.0 Å². The Labute approximate surface area is 202 Å². The number of aliphatic imine (C=N–C) groups is 1. The minimum Gasteiger partial charge on any atom is -0.347 e. The first kappa shape index (κ1) is 25.1. The second-order valence-corrected chi connectivity index (χ2v) is 8.29. The van der Waals surface area contributed by atoms with Crippen LogP contribution < -0.4 is 10.6 Å². The average molecular weight is 506 g/mol. The van der Waals surface area contributed by atoms with Gasteiger partial charge in [0.25, 0.3) is 0 Å². The monoisotopic (exact) mass is 506 g/mol. The fourth-order valence-corrected chi connectivity index (χ4v) is 3.98. The minimum absolute atomic E-state index is 0.0647. The van der Waals surface area contributed by atoms with Gasteiger partial charge in [-0.05, 0) is 35.7 Å². The highest BCUT2D eigenvalue weighted by Gasteiger charge is 2.40. The van der Waals surface area contributed by atoms with Gasteiger partial charge in [-0.25, -0.2) is 9.98 Å². The van der Waals surface area contributed by atoms with E-state index in [2.05, 4.69) is 20.6 Å². The van der Waals surface area contributed by atoms with Crippen LogP contribution in [0.3, 0.4) is 0 Å². The lowest BCUT2D eigenvalue weighted by Crippen LogP contribution is -2.40. The first-order valence-electron chi connectivity index (χ1n) is 10.8. The molecular formula is C24H20F6N6. The maximum absolute atomic E-state index is 13.8. The van der Waals surface area contributed by atoms with E-state index in [9.17, 15) is 31.6 Å². The van der Waals surface area contributed by atoms with E-state index in [1.165, 1.54) is 23.3 Å². The van der Waals surface area contributed by atoms with E-state index >= 15 is 0 Å². The molecule has 3 unspecified atom stereocenters. The first-order valence-corrected chi connectivity index (χ1v) is 10.8. The number of hydrogen-bond donors (Lipinski definition) is 2. The third kappa shape index (κ3) is 5.97. The maximum Gasteiger partial charge on any atom is 0.416 e. The Balaban J connectivity index is 1.71. The maximum atomic E-state index is 13.8. The molecule has 0 aliphatic heterocycles. The summed E-state index contributed by atoms with van der Waals surface area (Å²) in [7, 11) is 0. The van der Waals surface area contributed by atoms with Crippen molar-refractivity contribution in [2.75, 3.05) is 0 Å². The Hall–Kier alpha value is -4.01. The average Bonchev–Trinajstić information content (AvgIpc) is 3.39. The van der Waals surface area contributed by atoms with Gasteiger partial charge in [0.05, 0.1) is 29.5 Å². The number of nitrogens with zero attached hydrogens (tertiary/aromatic N) is 4. The molecule has 1 fully saturated rings. The Bertz CT molecular complexity index is 1240. The number of rotatable bonds is 6. The van der Waals surface area contributed by atoms with Gasteiger partial charge >= 0.3 is 12.4 Å². The van der Waals surface area contributed by atoms with Gasteiger partial charge in [0, 0.05) is 24.9 Å². The third-order valence-electron chi connectivity index (χ3n) is 5.78. The lowest BCUT2D eigenvalue weighted by Gasteiger charge is -2.25. The number of aromatic nitrogens is 2. The molecule has 0 bridgehead atoms. The van der Waals surface area contributed by atoms with Crippen LogP contribution in [0.2, 0.25) is 0 Å². The molecule has 1 saturated carbocycles. The van der Waals surface area contributed by atoms with Gasteiger partial charge in [0.2, 0.25) is 5.96 Å². The largest absolute Gasteiger partial charge is 0.416 e. The van der Waals surface area contributed by atoms with E-state index in [0.29, 0.717) is 24.6 Å². The van der Waals surface area contributed by atoms with Crippen LogP contribution in [0, 0.1) is 11.5 Å². The summed E-state index contributed by atoms with van der Waals surface area (Å²) in [5, 5.41) is 14.3. The Morgan fingerprint density at radius 1 is 1.11 bits per heavy atom. The summed E-state index contributed by atoms with van der Waals surface area (Å²) in [5.41, 5.74) is -2.05. The molecule has 6 nitrogen and oxygen atoms in total. The van der Waals surface area contributed by atoms with Crippen LogP contribution in [-0.4, -0.2) is 21.6 Å². The van der Waals surface area contributed by atoms with Crippen molar-refractivity contribution < 1.29 is 26.3 Å². The van der Waals surface area contributed by atoms with Gasteiger partial charge in [0.1, 0.15) is 0 Å². The smallest absolute Gasteiger partial charge is 0.347 e. The van der Waals surface area contributed by atoms with Gasteiger partial charge < -0.3 is 9.88 Å². The Morgan fingerprint density at radius 3 is 2.47 bits per heavy atom. The van der Waals surface area contributed by atoms with Crippen molar-refractivity contribution in [3.05, 3.63) is 89.5 Å². The molecule has 1 aliphatic carbocycles. The van der Waals surface area contributed by atoms with Crippen molar-refractivity contribution in [2.24, 2.45) is 4.99 Å². The standard InChI is InChI=1S/C24H20F6N6/c25-23(26,27)16-6-7-19(24(28,29)30)18(10-16)21(12-36-9-8-32-14-36)35-22(33-13-31)34-20-11-17(20)15-4-2-1-3-5-15/h1-10,14,17,20-21H,11-12H2,(H2,33,34,35). The van der Waals surface area contributed by atoms with Crippen LogP contribution in [0.1, 0.15) is 40.6 Å². The summed E-state index contributed by atoms with van der Waals surface area (Å²) in [6, 6.07) is 9.17. The second-order valence-electron chi connectivity index (χ2n) is 8.29. The Morgan fingerprint density at radius 2 is 1.86 bits per heavy atom. The van der Waals surface area contributed by atoms with Crippen molar-refractivity contribution in [1.82, 2.24) is 20.2 Å². The molecule has 1 aromatic heterocycles. The van der Waals surface area contributed by atoms with Crippen LogP contribution in [0.15, 0.2) is 72.2 Å². The van der Waals surface area contributed by atoms with E-state index in [1.54, 1.807) is 6.19 Å². The number of halogens is 6. The number of nitriles is 1. The molecule has 0 saturated heterocycles. The molecule has 0 radical (unpaired) electrons. The lowest BCUT2D eigenvalue weighted by atomic mass is 9.96. The molecule has 1 aliphatic rings. The van der Waals surface area contributed by atoms with Gasteiger partial charge in [-0.1, -0.05) is 30.3 Å². The SMILES string of the molecule is N#CNC(=NC1CC1c1ccccc1)NC(Cn1ccnc1)c1cc(C(F)(F)F)ccc1C(F)(F)F. The number of benzene rings is 2. The zero-order chi connectivity index (χ0) is 25.9. The highest BCUT2D eigenvalue weighted by Crippen LogP contribution is 2.43. The van der Waals surface area contributed by atoms with Crippen LogP contribution >= 0.6 is 0 Å². The minimum atomic E-state index is -4.91. The van der Waals surface area contributed by atoms with E-state index in [1.807, 2.05) is 30.3 Å². The van der Waals surface area contributed by atoms with Crippen LogP contribution in [0.5, 0.6) is 0 Å². The number of guanidine groups is 1. The lowest BCUT2D eigenvalue weighted by molar-refractivity contribution is -0.142. The van der Waals surface area contributed by atoms with Gasteiger partial charge in [-0.2, -0.15) is 31.6 Å². The Kier molecular flexibility index (Phi) is 6.92. The summed E-state index contributed by atoms with van der Waals surface area (Å²) in [5.74, 6) is -0.0635. The molecule has 4 rings (SSSR count). The fourth-order valence-electron chi connectivity index (χ4n) is 3.98. The van der Waals surface area contributed by atoms with Gasteiger partial charge in [-0.3, -0.25) is 5.32 Å². The van der Waals surface area contributed by atoms with Crippen molar-refractivity contribution in [3.8, 4) is 6.19 Å². The summed E-state index contributed by atoms with van der Waals surface area (Å²) < 4.78 is 83.2. The first-order chi connectivity index (χ1) is 17.1. The molecule has 2 N–H and O–H groups in total. The predicted molar refractivity (Wildman–Crippen MR) is 118 cm³/mol. The van der Waals surface area contributed by atoms with Crippen LogP contribution in [0.25, 0.3) is 0 Å². The molecular weight excluding hydrogens is 486 g/mol. The molecule has 3 atom stereocenters. The van der Waals surface area contributed by atoms with Crippen molar-refractivity contribution >= 4 is 5.96 Å². The van der Waals surface area contributed by atoms with Crippen LogP contribution in [0.4, 0.5) is 26.3 Å². The van der Waals surface area contributed by atoms with Gasteiger partial charge in [-0.15, -0.1) is 0 Å². The molecule has 3 aromatic rings. The molecule has 1 heterocycles. The molecule has 12 heteroatoms. The number of nitrogens with one attached hydrogen (secondary N) is 2. The van der Waals surface area contributed by atoms with E-state index in [-0.39, 0.29) is 24.5 Å². The number of hydrogen-bond acceptors (Lipinski definition) is 3. The van der Waals surface area contributed by atoms with Crippen molar-refractivity contribution in [3.63, 3.8) is 0 Å². The molecule has 2 aromatic carbocycles. The van der Waals surface area contributed by atoms with E-state index in [0.717, 1.165) is 5.56 Å². The number of alkyl halides is 6. The highest BCUT2D eigenvalue weighted by atomic mass is 19.4. The summed E-state index contributed by atoms with van der Waals surface area (Å²) in [6.07, 6.45) is -3.23. The third-order valence-corrected chi connectivity index (χ3v) is 5.78. The fraction of sp³-hybridized carbons (Fsp3) is 0.292. The van der Waals surface area contributed by atoms with E-state index < -0.39 is 35.1 Å². The zero-order valence-corrected chi connectivity index (χ0v) is 18.6. The quantitative estimate of drug-likeness (QED) is 0.158. The second kappa shape index (κ2) is 9.93. The zero-order valence-electron chi connectivity index (χ0n) is 18.6. The molecule has 0 spiro atoms. The number of imidazole rings is 1. The predicted octanol–water partition coefficient (Wildman–Crippen LogP) is 5.23. The summed E-state index contributed by atoms with van der Waals surface area (Å²) >= 11 is 0.